The van der Waals surface area contributed by atoms with Crippen LogP contribution in [0.5, 0.6) is 0 Å². The molecule has 3 rings (SSSR count). The molecule has 1 aromatic heterocycles. The van der Waals surface area contributed by atoms with Crippen molar-refractivity contribution < 1.29 is 9.18 Å². The Morgan fingerprint density at radius 1 is 1.29 bits per heavy atom. The number of fused-ring (bicyclic) bond motifs is 1. The molecule has 2 aromatic carbocycles. The van der Waals surface area contributed by atoms with Gasteiger partial charge in [-0.1, -0.05) is 23.7 Å². The highest BCUT2D eigenvalue weighted by atomic mass is 35.5. The highest BCUT2D eigenvalue weighted by molar-refractivity contribution is 6.34. The van der Waals surface area contributed by atoms with Gasteiger partial charge < -0.3 is 4.57 Å². The van der Waals surface area contributed by atoms with E-state index in [0.29, 0.717) is 11.4 Å². The van der Waals surface area contributed by atoms with E-state index in [9.17, 15) is 9.18 Å². The SMILES string of the molecule is Cn1c(CC(=O)c2ccc(F)cc2Cl)nc2ccccc21. The maximum absolute atomic E-state index is 13.0. The minimum absolute atomic E-state index is 0.122. The molecule has 0 spiro atoms. The van der Waals surface area contributed by atoms with Crippen LogP contribution in [0.1, 0.15) is 16.2 Å². The standard InChI is InChI=1S/C16H12ClFN2O/c1-20-14-5-3-2-4-13(14)19-16(20)9-15(21)11-7-6-10(18)8-12(11)17/h2-8H,9H2,1H3. The third-order valence-electron chi connectivity index (χ3n) is 3.43. The second kappa shape index (κ2) is 5.30. The highest BCUT2D eigenvalue weighted by Gasteiger charge is 2.16. The summed E-state index contributed by atoms with van der Waals surface area (Å²) in [6, 6.07) is 11.4. The van der Waals surface area contributed by atoms with Crippen LogP contribution in [-0.4, -0.2) is 15.3 Å². The quantitative estimate of drug-likeness (QED) is 0.690. The number of imidazole rings is 1. The van der Waals surface area contributed by atoms with Crippen LogP contribution in [0.25, 0.3) is 11.0 Å². The van der Waals surface area contributed by atoms with E-state index in [0.717, 1.165) is 17.1 Å². The number of hydrogen-bond donors (Lipinski definition) is 0. The van der Waals surface area contributed by atoms with Gasteiger partial charge >= 0.3 is 0 Å². The van der Waals surface area contributed by atoms with Gasteiger partial charge in [0, 0.05) is 12.6 Å². The van der Waals surface area contributed by atoms with Gasteiger partial charge in [-0.05, 0) is 30.3 Å². The van der Waals surface area contributed by atoms with Crippen molar-refractivity contribution in [2.24, 2.45) is 7.05 Å². The van der Waals surface area contributed by atoms with Crippen LogP contribution in [0.3, 0.4) is 0 Å². The first-order valence-corrected chi connectivity index (χ1v) is 6.82. The number of carbonyl (C=O) groups is 1. The summed E-state index contributed by atoms with van der Waals surface area (Å²) in [5.41, 5.74) is 2.11. The molecule has 3 nitrogen and oxygen atoms in total. The fourth-order valence-electron chi connectivity index (χ4n) is 2.31. The van der Waals surface area contributed by atoms with Gasteiger partial charge in [-0.25, -0.2) is 9.37 Å². The fourth-order valence-corrected chi connectivity index (χ4v) is 2.58. The number of para-hydroxylation sites is 2. The zero-order valence-corrected chi connectivity index (χ0v) is 12.1. The predicted molar refractivity (Wildman–Crippen MR) is 80.2 cm³/mol. The Kier molecular flexibility index (Phi) is 3.47. The van der Waals surface area contributed by atoms with Crippen molar-refractivity contribution in [1.82, 2.24) is 9.55 Å². The molecule has 0 saturated carbocycles. The minimum Gasteiger partial charge on any atom is -0.331 e. The molecular formula is C16H12ClFN2O. The van der Waals surface area contributed by atoms with E-state index >= 15 is 0 Å². The normalized spacial score (nSPS) is 11.0. The summed E-state index contributed by atoms with van der Waals surface area (Å²) in [5, 5.41) is 0.124. The average Bonchev–Trinajstić information content (AvgIpc) is 2.76. The third-order valence-corrected chi connectivity index (χ3v) is 3.74. The Hall–Kier alpha value is -2.20. The van der Waals surface area contributed by atoms with Gasteiger partial charge in [-0.2, -0.15) is 0 Å². The van der Waals surface area contributed by atoms with Gasteiger partial charge in [0.05, 0.1) is 22.5 Å². The molecule has 0 saturated heterocycles. The number of aromatic nitrogens is 2. The van der Waals surface area contributed by atoms with Crippen LogP contribution < -0.4 is 0 Å². The molecule has 0 radical (unpaired) electrons. The molecule has 21 heavy (non-hydrogen) atoms. The molecule has 0 bridgehead atoms. The van der Waals surface area contributed by atoms with E-state index in [1.54, 1.807) is 0 Å². The number of Topliss-reactive ketones (excluding diaryl/α,β-unsaturated/α-hetero) is 1. The van der Waals surface area contributed by atoms with Crippen LogP contribution in [0.15, 0.2) is 42.5 Å². The maximum atomic E-state index is 13.0. The summed E-state index contributed by atoms with van der Waals surface area (Å²) < 4.78 is 14.9. The first-order valence-electron chi connectivity index (χ1n) is 6.45. The Bertz CT molecular complexity index is 841. The second-order valence-electron chi connectivity index (χ2n) is 4.80. The molecule has 106 valence electrons. The third kappa shape index (κ3) is 2.54. The van der Waals surface area contributed by atoms with Crippen molar-refractivity contribution in [3.05, 3.63) is 64.7 Å². The molecule has 3 aromatic rings. The predicted octanol–water partition coefficient (Wildman–Crippen LogP) is 3.79. The zero-order chi connectivity index (χ0) is 15.0. The van der Waals surface area contributed by atoms with Gasteiger partial charge in [0.1, 0.15) is 11.6 Å². The van der Waals surface area contributed by atoms with Gasteiger partial charge in [0.15, 0.2) is 5.78 Å². The van der Waals surface area contributed by atoms with E-state index in [2.05, 4.69) is 4.98 Å². The molecule has 5 heteroatoms. The first-order chi connectivity index (χ1) is 10.1. The van der Waals surface area contributed by atoms with Crippen molar-refractivity contribution in [2.45, 2.75) is 6.42 Å². The molecule has 0 amide bonds. The molecule has 1 heterocycles. The maximum Gasteiger partial charge on any atom is 0.171 e. The van der Waals surface area contributed by atoms with Crippen molar-refractivity contribution in [2.75, 3.05) is 0 Å². The van der Waals surface area contributed by atoms with Gasteiger partial charge in [-0.3, -0.25) is 4.79 Å². The lowest BCUT2D eigenvalue weighted by Crippen LogP contribution is -2.09. The van der Waals surface area contributed by atoms with Crippen LogP contribution in [0.4, 0.5) is 4.39 Å². The van der Waals surface area contributed by atoms with E-state index in [4.69, 9.17) is 11.6 Å². The lowest BCUT2D eigenvalue weighted by molar-refractivity contribution is 0.0990. The Morgan fingerprint density at radius 3 is 2.76 bits per heavy atom. The van der Waals surface area contributed by atoms with Crippen LogP contribution in [0, 0.1) is 5.82 Å². The van der Waals surface area contributed by atoms with E-state index in [1.165, 1.54) is 12.1 Å². The molecule has 0 aliphatic heterocycles. The summed E-state index contributed by atoms with van der Waals surface area (Å²) in [7, 11) is 1.87. The second-order valence-corrected chi connectivity index (χ2v) is 5.21. The molecule has 0 aliphatic rings. The molecule has 0 aliphatic carbocycles. The topological polar surface area (TPSA) is 34.9 Å². The summed E-state index contributed by atoms with van der Waals surface area (Å²) >= 11 is 5.92. The van der Waals surface area contributed by atoms with Crippen molar-refractivity contribution in [3.63, 3.8) is 0 Å². The van der Waals surface area contributed by atoms with Gasteiger partial charge in [0.25, 0.3) is 0 Å². The largest absolute Gasteiger partial charge is 0.331 e. The van der Waals surface area contributed by atoms with Crippen LogP contribution in [-0.2, 0) is 13.5 Å². The fraction of sp³-hybridized carbons (Fsp3) is 0.125. The molecule has 0 unspecified atom stereocenters. The van der Waals surface area contributed by atoms with E-state index < -0.39 is 5.82 Å². The van der Waals surface area contributed by atoms with Crippen molar-refractivity contribution >= 4 is 28.4 Å². The lowest BCUT2D eigenvalue weighted by atomic mass is 10.1. The smallest absolute Gasteiger partial charge is 0.171 e. The number of halogens is 2. The Labute approximate surface area is 126 Å². The van der Waals surface area contributed by atoms with Crippen molar-refractivity contribution in [3.8, 4) is 0 Å². The summed E-state index contributed by atoms with van der Waals surface area (Å²) in [6.07, 6.45) is 0.122. The molecule has 0 atom stereocenters. The monoisotopic (exact) mass is 302 g/mol. The zero-order valence-electron chi connectivity index (χ0n) is 11.3. The Balaban J connectivity index is 1.94. The summed E-state index contributed by atoms with van der Waals surface area (Å²) in [4.78, 5) is 16.8. The minimum atomic E-state index is -0.459. The lowest BCUT2D eigenvalue weighted by Gasteiger charge is -2.04. The van der Waals surface area contributed by atoms with Gasteiger partial charge in [0.2, 0.25) is 0 Å². The van der Waals surface area contributed by atoms with Crippen LogP contribution >= 0.6 is 11.6 Å². The summed E-state index contributed by atoms with van der Waals surface area (Å²) in [5.74, 6) is 0.0132. The number of nitrogens with zero attached hydrogens (tertiary/aromatic N) is 2. The number of carbonyl (C=O) groups excluding carboxylic acids is 1. The highest BCUT2D eigenvalue weighted by Crippen LogP contribution is 2.20. The Morgan fingerprint density at radius 2 is 2.05 bits per heavy atom. The van der Waals surface area contributed by atoms with Crippen molar-refractivity contribution in [1.29, 1.82) is 0 Å². The molecule has 0 fully saturated rings. The number of hydrogen-bond acceptors (Lipinski definition) is 2. The molecular weight excluding hydrogens is 291 g/mol. The molecule has 0 N–H and O–H groups in total. The number of ketones is 1. The number of benzene rings is 2. The van der Waals surface area contributed by atoms with Gasteiger partial charge in [-0.15, -0.1) is 0 Å². The number of rotatable bonds is 3. The van der Waals surface area contributed by atoms with E-state index in [-0.39, 0.29) is 17.2 Å². The van der Waals surface area contributed by atoms with E-state index in [1.807, 2.05) is 35.9 Å². The average molecular weight is 303 g/mol. The van der Waals surface area contributed by atoms with Crippen LogP contribution in [0.2, 0.25) is 5.02 Å². The summed E-state index contributed by atoms with van der Waals surface area (Å²) in [6.45, 7) is 0. The first kappa shape index (κ1) is 13.8. The number of aryl methyl sites for hydroxylation is 1.